The summed E-state index contributed by atoms with van der Waals surface area (Å²) in [5, 5.41) is 0. The molecule has 0 saturated heterocycles. The van der Waals surface area contributed by atoms with Crippen molar-refractivity contribution in [2.45, 2.75) is 31.4 Å². The normalized spacial score (nSPS) is 26.4. The van der Waals surface area contributed by atoms with Crippen LogP contribution in [0.25, 0.3) is 0 Å². The Kier molecular flexibility index (Phi) is 2.68. The average molecular weight is 195 g/mol. The van der Waals surface area contributed by atoms with Gasteiger partial charge in [0.15, 0.2) is 0 Å². The number of halogens is 1. The third kappa shape index (κ3) is 2.23. The molecule has 0 aliphatic heterocycles. The van der Waals surface area contributed by atoms with Crippen molar-refractivity contribution < 1.29 is 9.13 Å². The van der Waals surface area contributed by atoms with E-state index in [0.29, 0.717) is 5.75 Å². The van der Waals surface area contributed by atoms with E-state index in [2.05, 4.69) is 0 Å². The molecule has 2 atom stereocenters. The zero-order valence-corrected chi connectivity index (χ0v) is 7.95. The van der Waals surface area contributed by atoms with Gasteiger partial charge in [-0.25, -0.2) is 4.39 Å². The Morgan fingerprint density at radius 1 is 1.36 bits per heavy atom. The Labute approximate surface area is 82.9 Å². The van der Waals surface area contributed by atoms with Crippen LogP contribution in [0.3, 0.4) is 0 Å². The van der Waals surface area contributed by atoms with Gasteiger partial charge in [0.25, 0.3) is 0 Å². The molecule has 0 radical (unpaired) electrons. The summed E-state index contributed by atoms with van der Waals surface area (Å²) >= 11 is 0. The highest BCUT2D eigenvalue weighted by atomic mass is 19.1. The van der Waals surface area contributed by atoms with Gasteiger partial charge in [0.1, 0.15) is 17.7 Å². The minimum atomic E-state index is -0.259. The maximum Gasteiger partial charge on any atom is 0.126 e. The maximum absolute atomic E-state index is 12.8. The van der Waals surface area contributed by atoms with Gasteiger partial charge in [0, 0.05) is 12.1 Å². The Morgan fingerprint density at radius 2 is 2.21 bits per heavy atom. The first-order chi connectivity index (χ1) is 6.74. The predicted octanol–water partition coefficient (Wildman–Crippen LogP) is 2.08. The summed E-state index contributed by atoms with van der Waals surface area (Å²) in [4.78, 5) is 0. The van der Waals surface area contributed by atoms with E-state index in [4.69, 9.17) is 10.5 Å². The average Bonchev–Trinajstić information content (AvgIpc) is 2.51. The van der Waals surface area contributed by atoms with E-state index in [0.717, 1.165) is 19.3 Å². The number of hydrogen-bond acceptors (Lipinski definition) is 2. The highest BCUT2D eigenvalue weighted by molar-refractivity contribution is 5.22. The van der Waals surface area contributed by atoms with E-state index in [1.165, 1.54) is 12.1 Å². The van der Waals surface area contributed by atoms with E-state index in [-0.39, 0.29) is 18.0 Å². The first-order valence-electron chi connectivity index (χ1n) is 4.92. The molecular formula is C11H14FNO. The van der Waals surface area contributed by atoms with Crippen molar-refractivity contribution in [2.75, 3.05) is 0 Å². The van der Waals surface area contributed by atoms with Crippen molar-refractivity contribution >= 4 is 0 Å². The number of rotatable bonds is 2. The quantitative estimate of drug-likeness (QED) is 0.784. The molecule has 2 N–H and O–H groups in total. The van der Waals surface area contributed by atoms with Gasteiger partial charge < -0.3 is 10.5 Å². The van der Waals surface area contributed by atoms with E-state index < -0.39 is 0 Å². The second kappa shape index (κ2) is 3.96. The van der Waals surface area contributed by atoms with Gasteiger partial charge in [0.05, 0.1) is 0 Å². The summed E-state index contributed by atoms with van der Waals surface area (Å²) in [6.45, 7) is 0. The van der Waals surface area contributed by atoms with Crippen molar-refractivity contribution in [1.29, 1.82) is 0 Å². The highest BCUT2D eigenvalue weighted by Crippen LogP contribution is 2.23. The summed E-state index contributed by atoms with van der Waals surface area (Å²) in [6.07, 6.45) is 3.00. The van der Waals surface area contributed by atoms with Crippen LogP contribution in [0.15, 0.2) is 24.3 Å². The molecule has 1 aliphatic carbocycles. The van der Waals surface area contributed by atoms with Crippen LogP contribution in [0.2, 0.25) is 0 Å². The molecule has 1 aromatic rings. The molecule has 0 aromatic heterocycles. The standard InChI is InChI=1S/C11H14FNO/c12-8-2-1-3-10(6-8)14-11-5-4-9(13)7-11/h1-3,6,9,11H,4-5,7,13H2. The molecule has 0 amide bonds. The molecule has 0 heterocycles. The molecule has 76 valence electrons. The molecule has 2 rings (SSSR count). The molecule has 1 fully saturated rings. The van der Waals surface area contributed by atoms with Crippen molar-refractivity contribution in [1.82, 2.24) is 0 Å². The third-order valence-electron chi connectivity index (χ3n) is 2.52. The fourth-order valence-corrected chi connectivity index (χ4v) is 1.81. The van der Waals surface area contributed by atoms with Crippen molar-refractivity contribution in [2.24, 2.45) is 5.73 Å². The Balaban J connectivity index is 1.97. The van der Waals surface area contributed by atoms with Gasteiger partial charge in [0.2, 0.25) is 0 Å². The largest absolute Gasteiger partial charge is 0.490 e. The lowest BCUT2D eigenvalue weighted by molar-refractivity contribution is 0.207. The van der Waals surface area contributed by atoms with Gasteiger partial charge in [-0.3, -0.25) is 0 Å². The summed E-state index contributed by atoms with van der Waals surface area (Å²) in [6, 6.07) is 6.48. The Hall–Kier alpha value is -1.09. The minimum Gasteiger partial charge on any atom is -0.490 e. The van der Waals surface area contributed by atoms with E-state index in [1.807, 2.05) is 0 Å². The second-order valence-electron chi connectivity index (χ2n) is 3.77. The molecule has 0 spiro atoms. The molecule has 3 heteroatoms. The van der Waals surface area contributed by atoms with E-state index >= 15 is 0 Å². The van der Waals surface area contributed by atoms with Crippen LogP contribution in [0.4, 0.5) is 4.39 Å². The molecule has 1 aromatic carbocycles. The number of ether oxygens (including phenoxy) is 1. The number of hydrogen-bond donors (Lipinski definition) is 1. The molecule has 0 bridgehead atoms. The topological polar surface area (TPSA) is 35.2 Å². The summed E-state index contributed by atoms with van der Waals surface area (Å²) in [5.74, 6) is 0.342. The fourth-order valence-electron chi connectivity index (χ4n) is 1.81. The van der Waals surface area contributed by atoms with E-state index in [9.17, 15) is 4.39 Å². The summed E-state index contributed by atoms with van der Waals surface area (Å²) < 4.78 is 18.4. The lowest BCUT2D eigenvalue weighted by atomic mass is 10.2. The molecule has 14 heavy (non-hydrogen) atoms. The van der Waals surface area contributed by atoms with Gasteiger partial charge in [-0.05, 0) is 31.4 Å². The first kappa shape index (κ1) is 9.46. The molecule has 1 saturated carbocycles. The summed E-state index contributed by atoms with van der Waals surface area (Å²) in [5.41, 5.74) is 5.75. The van der Waals surface area contributed by atoms with Gasteiger partial charge in [-0.1, -0.05) is 6.07 Å². The van der Waals surface area contributed by atoms with Gasteiger partial charge >= 0.3 is 0 Å². The Bertz CT molecular complexity index is 316. The third-order valence-corrected chi connectivity index (χ3v) is 2.52. The monoisotopic (exact) mass is 195 g/mol. The Morgan fingerprint density at radius 3 is 2.86 bits per heavy atom. The predicted molar refractivity (Wildman–Crippen MR) is 52.6 cm³/mol. The van der Waals surface area contributed by atoms with Crippen LogP contribution < -0.4 is 10.5 Å². The van der Waals surface area contributed by atoms with Crippen LogP contribution >= 0.6 is 0 Å². The lowest BCUT2D eigenvalue weighted by Crippen LogP contribution is -2.19. The first-order valence-corrected chi connectivity index (χ1v) is 4.92. The van der Waals surface area contributed by atoms with Crippen LogP contribution in [-0.4, -0.2) is 12.1 Å². The lowest BCUT2D eigenvalue weighted by Gasteiger charge is -2.12. The van der Waals surface area contributed by atoms with Crippen molar-refractivity contribution in [3.63, 3.8) is 0 Å². The smallest absolute Gasteiger partial charge is 0.126 e. The number of nitrogens with two attached hydrogens (primary N) is 1. The van der Waals surface area contributed by atoms with Crippen LogP contribution in [0.5, 0.6) is 5.75 Å². The minimum absolute atomic E-state index is 0.159. The molecular weight excluding hydrogens is 181 g/mol. The maximum atomic E-state index is 12.8. The summed E-state index contributed by atoms with van der Waals surface area (Å²) in [7, 11) is 0. The number of benzene rings is 1. The van der Waals surface area contributed by atoms with Crippen LogP contribution in [0.1, 0.15) is 19.3 Å². The second-order valence-corrected chi connectivity index (χ2v) is 3.77. The van der Waals surface area contributed by atoms with Gasteiger partial charge in [-0.15, -0.1) is 0 Å². The van der Waals surface area contributed by atoms with Crippen molar-refractivity contribution in [3.8, 4) is 5.75 Å². The van der Waals surface area contributed by atoms with Crippen molar-refractivity contribution in [3.05, 3.63) is 30.1 Å². The zero-order valence-electron chi connectivity index (χ0n) is 7.95. The highest BCUT2D eigenvalue weighted by Gasteiger charge is 2.23. The van der Waals surface area contributed by atoms with E-state index in [1.54, 1.807) is 12.1 Å². The molecule has 1 aliphatic rings. The van der Waals surface area contributed by atoms with Crippen LogP contribution in [0, 0.1) is 5.82 Å². The van der Waals surface area contributed by atoms with Gasteiger partial charge in [-0.2, -0.15) is 0 Å². The fraction of sp³-hybridized carbons (Fsp3) is 0.455. The molecule has 2 nitrogen and oxygen atoms in total. The zero-order chi connectivity index (χ0) is 9.97. The van der Waals surface area contributed by atoms with Crippen LogP contribution in [-0.2, 0) is 0 Å². The SMILES string of the molecule is NC1CCC(Oc2cccc(F)c2)C1. The molecule has 2 unspecified atom stereocenters.